The number of aromatic nitrogens is 2. The summed E-state index contributed by atoms with van der Waals surface area (Å²) in [7, 11) is 0. The molecule has 2 heterocycles. The van der Waals surface area contributed by atoms with E-state index in [4.69, 9.17) is 4.74 Å². The van der Waals surface area contributed by atoms with Gasteiger partial charge in [-0.3, -0.25) is 9.59 Å². The molecule has 130 valence electrons. The Labute approximate surface area is 158 Å². The van der Waals surface area contributed by atoms with Gasteiger partial charge in [-0.05, 0) is 34.0 Å². The first kappa shape index (κ1) is 17.9. The Bertz CT molecular complexity index is 785. The highest BCUT2D eigenvalue weighted by molar-refractivity contribution is 9.10. The molecule has 1 fully saturated rings. The predicted molar refractivity (Wildman–Crippen MR) is 99.8 cm³/mol. The van der Waals surface area contributed by atoms with Crippen molar-refractivity contribution >= 4 is 44.4 Å². The van der Waals surface area contributed by atoms with Crippen LogP contribution in [0.4, 0.5) is 5.69 Å². The molecule has 1 saturated heterocycles. The van der Waals surface area contributed by atoms with Crippen LogP contribution in [-0.4, -0.2) is 33.3 Å². The summed E-state index contributed by atoms with van der Waals surface area (Å²) in [6.07, 6.45) is 3.67. The van der Waals surface area contributed by atoms with Crippen molar-refractivity contribution in [3.8, 4) is 11.8 Å². The van der Waals surface area contributed by atoms with Crippen LogP contribution in [0, 0.1) is 5.92 Å². The highest BCUT2D eigenvalue weighted by atomic mass is 79.9. The van der Waals surface area contributed by atoms with E-state index in [0.29, 0.717) is 24.5 Å². The highest BCUT2D eigenvalue weighted by Crippen LogP contribution is 2.30. The van der Waals surface area contributed by atoms with Crippen LogP contribution in [-0.2, 0) is 9.59 Å². The van der Waals surface area contributed by atoms with Gasteiger partial charge in [0.25, 0.3) is 0 Å². The lowest BCUT2D eigenvalue weighted by Crippen LogP contribution is -2.24. The van der Waals surface area contributed by atoms with E-state index in [2.05, 4.69) is 25.9 Å². The third kappa shape index (κ3) is 4.79. The number of halogens is 1. The minimum Gasteiger partial charge on any atom is -0.424 e. The van der Waals surface area contributed by atoms with E-state index in [-0.39, 0.29) is 23.0 Å². The summed E-state index contributed by atoms with van der Waals surface area (Å²) in [5.74, 6) is 1.47. The second kappa shape index (κ2) is 7.97. The highest BCUT2D eigenvalue weighted by Gasteiger charge is 2.30. The Morgan fingerprint density at radius 2 is 2.16 bits per heavy atom. The number of hydrogen-bond donors (Lipinski definition) is 0. The van der Waals surface area contributed by atoms with Gasteiger partial charge in [0.1, 0.15) is 5.75 Å². The number of benzene rings is 1. The van der Waals surface area contributed by atoms with Crippen LogP contribution in [0.3, 0.4) is 0 Å². The molecule has 0 N–H and O–H groups in total. The molecule has 3 rings (SSSR count). The maximum atomic E-state index is 12.3. The lowest BCUT2D eigenvalue weighted by molar-refractivity contribution is -0.117. The van der Waals surface area contributed by atoms with Crippen molar-refractivity contribution in [2.75, 3.05) is 17.2 Å². The number of carbonyl (C=O) groups is 2. The Morgan fingerprint density at radius 1 is 1.40 bits per heavy atom. The average molecular weight is 422 g/mol. The summed E-state index contributed by atoms with van der Waals surface area (Å²) in [5.41, 5.74) is 0.773. The topological polar surface area (TPSA) is 72.4 Å². The Kier molecular flexibility index (Phi) is 5.70. The summed E-state index contributed by atoms with van der Waals surface area (Å²) >= 11 is 4.54. The van der Waals surface area contributed by atoms with Crippen molar-refractivity contribution in [2.45, 2.75) is 13.3 Å². The molecule has 0 spiro atoms. The van der Waals surface area contributed by atoms with Gasteiger partial charge in [-0.15, -0.1) is 0 Å². The summed E-state index contributed by atoms with van der Waals surface area (Å²) in [4.78, 5) is 33.3. The zero-order valence-electron chi connectivity index (χ0n) is 13.5. The van der Waals surface area contributed by atoms with Gasteiger partial charge in [-0.25, -0.2) is 9.97 Å². The largest absolute Gasteiger partial charge is 0.424 e. The van der Waals surface area contributed by atoms with Crippen molar-refractivity contribution in [2.24, 2.45) is 5.92 Å². The number of ether oxygens (including phenoxy) is 1. The van der Waals surface area contributed by atoms with Crippen LogP contribution in [0.15, 0.2) is 41.1 Å². The number of rotatable bonds is 5. The molecule has 1 unspecified atom stereocenters. The quantitative estimate of drug-likeness (QED) is 0.733. The third-order valence-corrected chi connectivity index (χ3v) is 5.12. The first-order chi connectivity index (χ1) is 12.0. The number of carbonyl (C=O) groups excluding carboxylic acids is 2. The molecule has 2 aromatic rings. The summed E-state index contributed by atoms with van der Waals surface area (Å²) < 4.78 is 6.41. The molecule has 1 atom stereocenters. The van der Waals surface area contributed by atoms with Crippen LogP contribution in [0.25, 0.3) is 0 Å². The van der Waals surface area contributed by atoms with E-state index in [1.165, 1.54) is 11.8 Å². The number of thioether (sulfide) groups is 1. The molecular formula is C17H16BrN3O3S. The molecule has 1 aromatic heterocycles. The Morgan fingerprint density at radius 3 is 2.88 bits per heavy atom. The van der Waals surface area contributed by atoms with E-state index in [1.54, 1.807) is 36.4 Å². The van der Waals surface area contributed by atoms with Crippen LogP contribution >= 0.6 is 27.7 Å². The van der Waals surface area contributed by atoms with Crippen LogP contribution in [0.1, 0.15) is 13.3 Å². The zero-order valence-corrected chi connectivity index (χ0v) is 15.9. The second-order valence-electron chi connectivity index (χ2n) is 5.66. The van der Waals surface area contributed by atoms with Gasteiger partial charge in [0.15, 0.2) is 5.12 Å². The van der Waals surface area contributed by atoms with Crippen molar-refractivity contribution in [1.82, 2.24) is 9.97 Å². The molecule has 0 radical (unpaired) electrons. The van der Waals surface area contributed by atoms with Gasteiger partial charge in [0, 0.05) is 49.8 Å². The maximum absolute atomic E-state index is 12.3. The lowest BCUT2D eigenvalue weighted by atomic mass is 10.1. The number of nitrogens with zero attached hydrogens (tertiary/aromatic N) is 3. The minimum absolute atomic E-state index is 0.0613. The molecule has 25 heavy (non-hydrogen) atoms. The lowest BCUT2D eigenvalue weighted by Gasteiger charge is -2.17. The number of hydrogen-bond acceptors (Lipinski definition) is 6. The maximum Gasteiger partial charge on any atom is 0.321 e. The molecule has 0 bridgehead atoms. The molecule has 0 saturated carbocycles. The monoisotopic (exact) mass is 421 g/mol. The van der Waals surface area contributed by atoms with Crippen molar-refractivity contribution in [1.29, 1.82) is 0 Å². The van der Waals surface area contributed by atoms with Crippen molar-refractivity contribution in [3.05, 3.63) is 41.1 Å². The average Bonchev–Trinajstić information content (AvgIpc) is 2.96. The van der Waals surface area contributed by atoms with E-state index in [1.807, 2.05) is 12.1 Å². The van der Waals surface area contributed by atoms with E-state index >= 15 is 0 Å². The van der Waals surface area contributed by atoms with Gasteiger partial charge >= 0.3 is 6.01 Å². The molecule has 1 amide bonds. The Hall–Kier alpha value is -1.93. The fraction of sp³-hybridized carbons (Fsp3) is 0.294. The zero-order chi connectivity index (χ0) is 17.8. The predicted octanol–water partition coefficient (Wildman–Crippen LogP) is 3.66. The molecule has 6 nitrogen and oxygen atoms in total. The SMILES string of the molecule is CC(=O)SCC1CC(=O)N(c2cccc(Oc3ncc(Br)cn3)c2)C1. The first-order valence-corrected chi connectivity index (χ1v) is 9.48. The molecular weight excluding hydrogens is 406 g/mol. The summed E-state index contributed by atoms with van der Waals surface area (Å²) in [6, 6.07) is 7.52. The second-order valence-corrected chi connectivity index (χ2v) is 7.77. The molecule has 1 aliphatic rings. The smallest absolute Gasteiger partial charge is 0.321 e. The fourth-order valence-corrected chi connectivity index (χ4v) is 3.45. The van der Waals surface area contributed by atoms with Crippen LogP contribution in [0.2, 0.25) is 0 Å². The number of amides is 1. The normalized spacial score (nSPS) is 17.0. The summed E-state index contributed by atoms with van der Waals surface area (Å²) in [5, 5.41) is 0.0794. The molecule has 1 aromatic carbocycles. The van der Waals surface area contributed by atoms with Crippen molar-refractivity contribution in [3.63, 3.8) is 0 Å². The molecule has 8 heteroatoms. The fourth-order valence-electron chi connectivity index (χ4n) is 2.55. The number of anilines is 1. The van der Waals surface area contributed by atoms with Gasteiger partial charge in [0.05, 0.1) is 4.47 Å². The van der Waals surface area contributed by atoms with E-state index in [0.717, 1.165) is 10.2 Å². The first-order valence-electron chi connectivity index (χ1n) is 7.70. The van der Waals surface area contributed by atoms with Crippen molar-refractivity contribution < 1.29 is 14.3 Å². The molecule has 0 aliphatic carbocycles. The van der Waals surface area contributed by atoms with E-state index in [9.17, 15) is 9.59 Å². The minimum atomic E-state index is 0.0613. The van der Waals surface area contributed by atoms with Gasteiger partial charge < -0.3 is 9.64 Å². The van der Waals surface area contributed by atoms with Gasteiger partial charge in [-0.2, -0.15) is 0 Å². The Balaban J connectivity index is 1.69. The van der Waals surface area contributed by atoms with E-state index < -0.39 is 0 Å². The standard InChI is InChI=1S/C17H16BrN3O3S/c1-11(22)25-10-12-5-16(23)21(9-12)14-3-2-4-15(6-14)24-17-19-7-13(18)8-20-17/h2-4,6-8,12H,5,9-10H2,1H3. The van der Waals surface area contributed by atoms with Gasteiger partial charge in [-0.1, -0.05) is 17.8 Å². The van der Waals surface area contributed by atoms with Crippen LogP contribution < -0.4 is 9.64 Å². The summed E-state index contributed by atoms with van der Waals surface area (Å²) in [6.45, 7) is 2.15. The molecule has 1 aliphatic heterocycles. The van der Waals surface area contributed by atoms with Gasteiger partial charge in [0.2, 0.25) is 5.91 Å². The van der Waals surface area contributed by atoms with Crippen LogP contribution in [0.5, 0.6) is 11.8 Å². The third-order valence-electron chi connectivity index (χ3n) is 3.66.